The van der Waals surface area contributed by atoms with Crippen LogP contribution in [0.5, 0.6) is 0 Å². The van der Waals surface area contributed by atoms with Gasteiger partial charge in [-0.15, -0.1) is 0 Å². The van der Waals surface area contributed by atoms with E-state index in [9.17, 15) is 14.4 Å². The average molecular weight is 379 g/mol. The average Bonchev–Trinajstić information content (AvgIpc) is 2.73. The molecule has 0 aliphatic carbocycles. The van der Waals surface area contributed by atoms with E-state index in [2.05, 4.69) is 10.1 Å². The smallest absolute Gasteiger partial charge is 0.305 e. The number of nitrogens with one attached hydrogen (secondary N) is 1. The zero-order valence-corrected chi connectivity index (χ0v) is 15.8. The Morgan fingerprint density at radius 3 is 2.54 bits per heavy atom. The quantitative estimate of drug-likeness (QED) is 0.524. The predicted octanol–water partition coefficient (Wildman–Crippen LogP) is 3.45. The van der Waals surface area contributed by atoms with E-state index in [1.54, 1.807) is 25.1 Å². The summed E-state index contributed by atoms with van der Waals surface area (Å²) < 4.78 is 10.6. The zero-order valence-electron chi connectivity index (χ0n) is 15.8. The van der Waals surface area contributed by atoms with Gasteiger partial charge in [0.2, 0.25) is 0 Å². The van der Waals surface area contributed by atoms with Crippen LogP contribution < -0.4 is 10.7 Å². The Morgan fingerprint density at radius 1 is 1.07 bits per heavy atom. The summed E-state index contributed by atoms with van der Waals surface area (Å²) in [4.78, 5) is 36.6. The molecule has 1 heterocycles. The molecule has 6 nitrogen and oxygen atoms in total. The third-order valence-corrected chi connectivity index (χ3v) is 4.50. The van der Waals surface area contributed by atoms with Gasteiger partial charge in [0.1, 0.15) is 5.76 Å². The first-order valence-electron chi connectivity index (χ1n) is 8.99. The van der Waals surface area contributed by atoms with Crippen molar-refractivity contribution in [2.75, 3.05) is 13.7 Å². The summed E-state index contributed by atoms with van der Waals surface area (Å²) in [5, 5.41) is 3.12. The van der Waals surface area contributed by atoms with Crippen molar-refractivity contribution in [3.63, 3.8) is 0 Å². The molecule has 1 aromatic heterocycles. The van der Waals surface area contributed by atoms with Gasteiger partial charge in [-0.1, -0.05) is 36.4 Å². The number of hydrogen-bond acceptors (Lipinski definition) is 5. The molecule has 1 N–H and O–H groups in total. The van der Waals surface area contributed by atoms with Gasteiger partial charge in [0.15, 0.2) is 11.0 Å². The van der Waals surface area contributed by atoms with Gasteiger partial charge < -0.3 is 14.5 Å². The number of rotatable bonds is 6. The molecule has 3 aromatic rings. The number of benzene rings is 2. The first-order valence-corrected chi connectivity index (χ1v) is 8.99. The van der Waals surface area contributed by atoms with Crippen molar-refractivity contribution in [1.29, 1.82) is 0 Å². The van der Waals surface area contributed by atoms with E-state index in [0.29, 0.717) is 29.7 Å². The van der Waals surface area contributed by atoms with Gasteiger partial charge in [0, 0.05) is 24.1 Å². The van der Waals surface area contributed by atoms with Crippen LogP contribution >= 0.6 is 0 Å². The summed E-state index contributed by atoms with van der Waals surface area (Å²) in [5.74, 6) is -0.237. The Hall–Kier alpha value is -3.41. The number of methoxy groups -OCH3 is 1. The molecule has 0 saturated heterocycles. The van der Waals surface area contributed by atoms with E-state index in [1.807, 2.05) is 30.3 Å². The minimum absolute atomic E-state index is 0.166. The molecule has 0 bridgehead atoms. The lowest BCUT2D eigenvalue weighted by Crippen LogP contribution is -2.25. The second-order valence-corrected chi connectivity index (χ2v) is 6.37. The summed E-state index contributed by atoms with van der Waals surface area (Å²) in [7, 11) is 1.32. The van der Waals surface area contributed by atoms with E-state index in [1.165, 1.54) is 7.11 Å². The van der Waals surface area contributed by atoms with Gasteiger partial charge in [-0.25, -0.2) is 0 Å². The van der Waals surface area contributed by atoms with Crippen LogP contribution in [0.1, 0.15) is 28.8 Å². The Balaban J connectivity index is 1.95. The Morgan fingerprint density at radius 2 is 1.82 bits per heavy atom. The standard InChI is InChI=1S/C22H21NO5/c1-14-19(25)16-10-6-11-17(22(26)23-13-7-12-18(24)27-2)21(16)28-20(14)15-8-4-3-5-9-15/h3-6,8-11H,7,12-13H2,1-2H3,(H,23,26). The first kappa shape index (κ1) is 19.4. The summed E-state index contributed by atoms with van der Waals surface area (Å²) in [6.45, 7) is 2.03. The van der Waals surface area contributed by atoms with Crippen LogP contribution in [0.25, 0.3) is 22.3 Å². The minimum atomic E-state index is -0.360. The van der Waals surface area contributed by atoms with Gasteiger partial charge >= 0.3 is 5.97 Å². The molecule has 0 aliphatic heterocycles. The van der Waals surface area contributed by atoms with Crippen LogP contribution in [0.2, 0.25) is 0 Å². The van der Waals surface area contributed by atoms with E-state index in [0.717, 1.165) is 5.56 Å². The monoisotopic (exact) mass is 379 g/mol. The molecule has 2 aromatic carbocycles. The number of fused-ring (bicyclic) bond motifs is 1. The summed E-state index contributed by atoms with van der Waals surface area (Å²) >= 11 is 0. The van der Waals surface area contributed by atoms with Crippen molar-refractivity contribution in [2.45, 2.75) is 19.8 Å². The fourth-order valence-corrected chi connectivity index (χ4v) is 2.99. The minimum Gasteiger partial charge on any atom is -0.469 e. The molecule has 0 saturated carbocycles. The fraction of sp³-hybridized carbons (Fsp3) is 0.227. The molecule has 6 heteroatoms. The second-order valence-electron chi connectivity index (χ2n) is 6.37. The van der Waals surface area contributed by atoms with Gasteiger partial charge in [-0.3, -0.25) is 14.4 Å². The van der Waals surface area contributed by atoms with Crippen LogP contribution in [0.3, 0.4) is 0 Å². The van der Waals surface area contributed by atoms with E-state index >= 15 is 0 Å². The van der Waals surface area contributed by atoms with Crippen LogP contribution in [0, 0.1) is 6.92 Å². The number of carbonyl (C=O) groups excluding carboxylic acids is 2. The van der Waals surface area contributed by atoms with Crippen molar-refractivity contribution in [3.8, 4) is 11.3 Å². The summed E-state index contributed by atoms with van der Waals surface area (Å²) in [5.41, 5.74) is 1.63. The number of hydrogen-bond donors (Lipinski definition) is 1. The van der Waals surface area contributed by atoms with Crippen LogP contribution in [-0.4, -0.2) is 25.5 Å². The van der Waals surface area contributed by atoms with Crippen molar-refractivity contribution in [2.24, 2.45) is 0 Å². The Labute approximate surface area is 162 Å². The molecule has 0 fully saturated rings. The lowest BCUT2D eigenvalue weighted by atomic mass is 10.0. The lowest BCUT2D eigenvalue weighted by molar-refractivity contribution is -0.140. The molecule has 0 unspecified atom stereocenters. The highest BCUT2D eigenvalue weighted by Gasteiger charge is 2.18. The molecule has 0 atom stereocenters. The fourth-order valence-electron chi connectivity index (χ4n) is 2.99. The lowest BCUT2D eigenvalue weighted by Gasteiger charge is -2.11. The highest BCUT2D eigenvalue weighted by atomic mass is 16.5. The van der Waals surface area contributed by atoms with Crippen LogP contribution in [-0.2, 0) is 9.53 Å². The van der Waals surface area contributed by atoms with Crippen LogP contribution in [0.4, 0.5) is 0 Å². The largest absolute Gasteiger partial charge is 0.469 e. The molecule has 28 heavy (non-hydrogen) atoms. The maximum Gasteiger partial charge on any atom is 0.305 e. The zero-order chi connectivity index (χ0) is 20.1. The molecular formula is C22H21NO5. The molecule has 1 amide bonds. The van der Waals surface area contributed by atoms with Crippen molar-refractivity contribution < 1.29 is 18.7 Å². The van der Waals surface area contributed by atoms with Crippen molar-refractivity contribution in [3.05, 3.63) is 69.9 Å². The molecule has 0 aliphatic rings. The normalized spacial score (nSPS) is 10.6. The van der Waals surface area contributed by atoms with E-state index < -0.39 is 0 Å². The van der Waals surface area contributed by atoms with Crippen molar-refractivity contribution >= 4 is 22.8 Å². The van der Waals surface area contributed by atoms with Gasteiger partial charge in [0.05, 0.1) is 18.1 Å². The van der Waals surface area contributed by atoms with Gasteiger partial charge in [0.25, 0.3) is 5.91 Å². The highest BCUT2D eigenvalue weighted by Crippen LogP contribution is 2.27. The molecule has 0 radical (unpaired) electrons. The predicted molar refractivity (Wildman–Crippen MR) is 106 cm³/mol. The molecular weight excluding hydrogens is 358 g/mol. The Kier molecular flexibility index (Phi) is 5.89. The third kappa shape index (κ3) is 3.96. The number of para-hydroxylation sites is 1. The maximum absolute atomic E-state index is 12.8. The van der Waals surface area contributed by atoms with Gasteiger partial charge in [-0.2, -0.15) is 0 Å². The topological polar surface area (TPSA) is 85.6 Å². The SMILES string of the molecule is COC(=O)CCCNC(=O)c1cccc2c(=O)c(C)c(-c3ccccc3)oc12. The first-order chi connectivity index (χ1) is 13.5. The van der Waals surface area contributed by atoms with E-state index in [4.69, 9.17) is 4.42 Å². The van der Waals surface area contributed by atoms with Crippen LogP contribution in [0.15, 0.2) is 57.7 Å². The molecule has 0 spiro atoms. The number of esters is 1. The van der Waals surface area contributed by atoms with Gasteiger partial charge in [-0.05, 0) is 25.5 Å². The Bertz CT molecular complexity index is 1070. The van der Waals surface area contributed by atoms with Crippen molar-refractivity contribution in [1.82, 2.24) is 5.32 Å². The van der Waals surface area contributed by atoms with E-state index in [-0.39, 0.29) is 34.9 Å². The maximum atomic E-state index is 12.8. The molecule has 144 valence electrons. The number of carbonyl (C=O) groups is 2. The highest BCUT2D eigenvalue weighted by molar-refractivity contribution is 6.05. The summed E-state index contributed by atoms with van der Waals surface area (Å²) in [6, 6.07) is 14.2. The number of amides is 1. The second kappa shape index (κ2) is 8.52. The summed E-state index contributed by atoms with van der Waals surface area (Å²) in [6.07, 6.45) is 0.681. The molecule has 3 rings (SSSR count). The number of ether oxygens (including phenoxy) is 1. The third-order valence-electron chi connectivity index (χ3n) is 4.50.